The van der Waals surface area contributed by atoms with Crippen LogP contribution in [0.2, 0.25) is 0 Å². The van der Waals surface area contributed by atoms with Crippen molar-refractivity contribution in [3.8, 4) is 0 Å². The molecule has 0 amide bonds. The number of nitrogens with zero attached hydrogens (tertiary/aromatic N) is 1. The first kappa shape index (κ1) is 18.1. The number of rotatable bonds is 8. The molecule has 0 aromatic heterocycles. The highest BCUT2D eigenvalue weighted by Crippen LogP contribution is 2.20. The van der Waals surface area contributed by atoms with E-state index in [1.165, 1.54) is 4.31 Å². The maximum atomic E-state index is 12.6. The summed E-state index contributed by atoms with van der Waals surface area (Å²) in [5.41, 5.74) is 1.71. The molecule has 0 atom stereocenters. The Morgan fingerprint density at radius 2 is 2.00 bits per heavy atom. The average molecular weight is 314 g/mol. The van der Waals surface area contributed by atoms with Crippen molar-refractivity contribution < 1.29 is 13.2 Å². The van der Waals surface area contributed by atoms with Gasteiger partial charge in [-0.15, -0.1) is 0 Å². The van der Waals surface area contributed by atoms with E-state index in [1.807, 2.05) is 40.0 Å². The van der Waals surface area contributed by atoms with Gasteiger partial charge in [0.1, 0.15) is 0 Å². The van der Waals surface area contributed by atoms with Gasteiger partial charge in [-0.2, -0.15) is 4.31 Å². The molecule has 1 N–H and O–H groups in total. The fourth-order valence-electron chi connectivity index (χ4n) is 1.94. The van der Waals surface area contributed by atoms with Crippen LogP contribution in [0.3, 0.4) is 0 Å². The van der Waals surface area contributed by atoms with Crippen molar-refractivity contribution in [2.45, 2.75) is 38.3 Å². The summed E-state index contributed by atoms with van der Waals surface area (Å²) in [6, 6.07) is 5.52. The van der Waals surface area contributed by atoms with Gasteiger partial charge in [0.25, 0.3) is 0 Å². The van der Waals surface area contributed by atoms with Crippen molar-refractivity contribution in [2.75, 3.05) is 27.2 Å². The minimum absolute atomic E-state index is 0.0989. The van der Waals surface area contributed by atoms with Gasteiger partial charge in [-0.25, -0.2) is 8.42 Å². The van der Waals surface area contributed by atoms with Crippen LogP contribution in [0.25, 0.3) is 0 Å². The van der Waals surface area contributed by atoms with E-state index in [2.05, 4.69) is 5.32 Å². The lowest BCUT2D eigenvalue weighted by atomic mass is 10.1. The quantitative estimate of drug-likeness (QED) is 0.794. The van der Waals surface area contributed by atoms with Crippen molar-refractivity contribution in [3.63, 3.8) is 0 Å². The Labute approximate surface area is 128 Å². The maximum Gasteiger partial charge on any atom is 0.243 e. The first-order chi connectivity index (χ1) is 9.78. The molecule has 120 valence electrons. The normalized spacial score (nSPS) is 12.3. The van der Waals surface area contributed by atoms with Crippen LogP contribution >= 0.6 is 0 Å². The molecule has 0 spiro atoms. The Morgan fingerprint density at radius 3 is 2.57 bits per heavy atom. The predicted molar refractivity (Wildman–Crippen MR) is 84.8 cm³/mol. The van der Waals surface area contributed by atoms with E-state index in [-0.39, 0.29) is 6.10 Å². The lowest BCUT2D eigenvalue weighted by molar-refractivity contribution is 0.0737. The number of hydrogen-bond acceptors (Lipinski definition) is 4. The lowest BCUT2D eigenvalue weighted by Gasteiger charge is -2.19. The Balaban J connectivity index is 2.93. The summed E-state index contributed by atoms with van der Waals surface area (Å²) in [6.07, 6.45) is 0.0989. The van der Waals surface area contributed by atoms with Crippen molar-refractivity contribution in [1.82, 2.24) is 9.62 Å². The Kier molecular flexibility index (Phi) is 6.80. The standard InChI is InChI=1S/C15H26N2O3S/c1-12(2)20-9-8-17(5)21(18,19)15-10-14(11-16-4)7-6-13(15)3/h6-7,10,12,16H,8-9,11H2,1-5H3. The van der Waals surface area contributed by atoms with E-state index in [1.54, 1.807) is 13.1 Å². The summed E-state index contributed by atoms with van der Waals surface area (Å²) in [5.74, 6) is 0. The monoisotopic (exact) mass is 314 g/mol. The van der Waals surface area contributed by atoms with Gasteiger partial charge in [0.05, 0.1) is 17.6 Å². The molecule has 0 heterocycles. The highest BCUT2D eigenvalue weighted by atomic mass is 32.2. The maximum absolute atomic E-state index is 12.6. The molecule has 0 bridgehead atoms. The third-order valence-electron chi connectivity index (χ3n) is 3.18. The number of nitrogens with one attached hydrogen (secondary N) is 1. The molecular formula is C15H26N2O3S. The number of benzene rings is 1. The van der Waals surface area contributed by atoms with Crippen LogP contribution in [0.4, 0.5) is 0 Å². The molecule has 1 aromatic rings. The van der Waals surface area contributed by atoms with Gasteiger partial charge in [-0.1, -0.05) is 12.1 Å². The highest BCUT2D eigenvalue weighted by Gasteiger charge is 2.22. The molecule has 5 nitrogen and oxygen atoms in total. The molecule has 21 heavy (non-hydrogen) atoms. The van der Waals surface area contributed by atoms with Crippen molar-refractivity contribution in [2.24, 2.45) is 0 Å². The minimum Gasteiger partial charge on any atom is -0.377 e. The Morgan fingerprint density at radius 1 is 1.33 bits per heavy atom. The molecular weight excluding hydrogens is 288 g/mol. The summed E-state index contributed by atoms with van der Waals surface area (Å²) in [4.78, 5) is 0.363. The van der Waals surface area contributed by atoms with E-state index in [9.17, 15) is 8.42 Å². The fourth-order valence-corrected chi connectivity index (χ4v) is 3.37. The zero-order valence-corrected chi connectivity index (χ0v) is 14.3. The second-order valence-corrected chi connectivity index (χ2v) is 7.39. The van der Waals surface area contributed by atoms with Crippen LogP contribution in [0.15, 0.2) is 23.1 Å². The summed E-state index contributed by atoms with van der Waals surface area (Å²) in [5, 5.41) is 3.03. The van der Waals surface area contributed by atoms with E-state index in [4.69, 9.17) is 4.74 Å². The number of ether oxygens (including phenoxy) is 1. The van der Waals surface area contributed by atoms with Gasteiger partial charge in [0.2, 0.25) is 10.0 Å². The smallest absolute Gasteiger partial charge is 0.243 e. The summed E-state index contributed by atoms with van der Waals surface area (Å²) in [6.45, 7) is 7.05. The zero-order chi connectivity index (χ0) is 16.0. The van der Waals surface area contributed by atoms with E-state index < -0.39 is 10.0 Å². The molecule has 6 heteroatoms. The van der Waals surface area contributed by atoms with Crippen molar-refractivity contribution in [3.05, 3.63) is 29.3 Å². The van der Waals surface area contributed by atoms with Crippen LogP contribution in [0, 0.1) is 6.92 Å². The number of likely N-dealkylation sites (N-methyl/N-ethyl adjacent to an activating group) is 1. The molecule has 0 aliphatic rings. The fraction of sp³-hybridized carbons (Fsp3) is 0.600. The second-order valence-electron chi connectivity index (χ2n) is 5.38. The largest absolute Gasteiger partial charge is 0.377 e. The average Bonchev–Trinajstić information content (AvgIpc) is 2.40. The Bertz CT molecular complexity index is 556. The molecule has 1 rings (SSSR count). The van der Waals surface area contributed by atoms with Gasteiger partial charge >= 0.3 is 0 Å². The molecule has 0 unspecified atom stereocenters. The molecule has 1 aromatic carbocycles. The highest BCUT2D eigenvalue weighted by molar-refractivity contribution is 7.89. The first-order valence-corrected chi connectivity index (χ1v) is 8.55. The zero-order valence-electron chi connectivity index (χ0n) is 13.5. The van der Waals surface area contributed by atoms with E-state index in [0.717, 1.165) is 11.1 Å². The van der Waals surface area contributed by atoms with Crippen LogP contribution in [-0.4, -0.2) is 46.1 Å². The third kappa shape index (κ3) is 5.07. The number of sulfonamides is 1. The minimum atomic E-state index is -3.48. The first-order valence-electron chi connectivity index (χ1n) is 7.11. The van der Waals surface area contributed by atoms with Crippen LogP contribution in [-0.2, 0) is 21.3 Å². The van der Waals surface area contributed by atoms with Crippen LogP contribution < -0.4 is 5.32 Å². The van der Waals surface area contributed by atoms with Crippen LogP contribution in [0.5, 0.6) is 0 Å². The third-order valence-corrected chi connectivity index (χ3v) is 5.18. The van der Waals surface area contributed by atoms with Crippen LogP contribution in [0.1, 0.15) is 25.0 Å². The topological polar surface area (TPSA) is 58.6 Å². The molecule has 0 fully saturated rings. The molecule has 0 aliphatic heterocycles. The van der Waals surface area contributed by atoms with Crippen molar-refractivity contribution >= 4 is 10.0 Å². The van der Waals surface area contributed by atoms with Crippen molar-refractivity contribution in [1.29, 1.82) is 0 Å². The predicted octanol–water partition coefficient (Wildman–Crippen LogP) is 1.76. The summed E-state index contributed by atoms with van der Waals surface area (Å²) >= 11 is 0. The van der Waals surface area contributed by atoms with Gasteiger partial charge < -0.3 is 10.1 Å². The molecule has 0 radical (unpaired) electrons. The van der Waals surface area contributed by atoms with Gasteiger partial charge in [-0.05, 0) is 45.0 Å². The lowest BCUT2D eigenvalue weighted by Crippen LogP contribution is -2.31. The van der Waals surface area contributed by atoms with E-state index >= 15 is 0 Å². The van der Waals surface area contributed by atoms with E-state index in [0.29, 0.717) is 24.6 Å². The van der Waals surface area contributed by atoms with Gasteiger partial charge in [0, 0.05) is 20.1 Å². The summed E-state index contributed by atoms with van der Waals surface area (Å²) < 4.78 is 32.0. The second kappa shape index (κ2) is 7.89. The number of hydrogen-bond donors (Lipinski definition) is 1. The molecule has 0 saturated carbocycles. The summed E-state index contributed by atoms with van der Waals surface area (Å²) in [7, 11) is -0.0596. The molecule has 0 aliphatic carbocycles. The Hall–Kier alpha value is -0.950. The molecule has 0 saturated heterocycles. The van der Waals surface area contributed by atoms with Gasteiger partial charge in [0.15, 0.2) is 0 Å². The SMILES string of the molecule is CNCc1ccc(C)c(S(=O)(=O)N(C)CCOC(C)C)c1. The number of aryl methyl sites for hydroxylation is 1. The van der Waals surface area contributed by atoms with Gasteiger partial charge in [-0.3, -0.25) is 0 Å².